The maximum atomic E-state index is 5.70. The van der Waals surface area contributed by atoms with E-state index in [1.54, 1.807) is 0 Å². The summed E-state index contributed by atoms with van der Waals surface area (Å²) in [5, 5.41) is 0. The monoisotopic (exact) mass is 260 g/mol. The molecule has 1 aromatic rings. The van der Waals surface area contributed by atoms with Crippen LogP contribution in [-0.4, -0.2) is 12.2 Å². The predicted molar refractivity (Wildman–Crippen MR) is 84.5 cm³/mol. The normalized spacial score (nSPS) is 12.5. The Kier molecular flexibility index (Phi) is 6.30. The summed E-state index contributed by atoms with van der Waals surface area (Å²) in [6.07, 6.45) is 6.61. The Morgan fingerprint density at radius 2 is 1.95 bits per heavy atom. The summed E-state index contributed by atoms with van der Waals surface area (Å²) < 4.78 is 5.70. The van der Waals surface area contributed by atoms with Crippen LogP contribution in [0.25, 0.3) is 6.08 Å². The van der Waals surface area contributed by atoms with Crippen LogP contribution in [0.15, 0.2) is 30.3 Å². The first-order valence-electron chi connectivity index (χ1n) is 7.29. The fraction of sp³-hybridized carbons (Fsp3) is 0.556. The van der Waals surface area contributed by atoms with Gasteiger partial charge < -0.3 is 4.74 Å². The average molecular weight is 260 g/mol. The maximum absolute atomic E-state index is 5.70. The Hall–Kier alpha value is -1.08. The van der Waals surface area contributed by atoms with Gasteiger partial charge in [0.05, 0.1) is 5.60 Å². The van der Waals surface area contributed by atoms with Crippen LogP contribution in [0.5, 0.6) is 0 Å². The van der Waals surface area contributed by atoms with Crippen molar-refractivity contribution in [2.45, 2.75) is 59.0 Å². The molecule has 0 aliphatic carbocycles. The van der Waals surface area contributed by atoms with Crippen molar-refractivity contribution in [1.82, 2.24) is 0 Å². The number of hydrogen-bond donors (Lipinski definition) is 0. The molecule has 0 atom stereocenters. The van der Waals surface area contributed by atoms with Gasteiger partial charge in [-0.25, -0.2) is 0 Å². The van der Waals surface area contributed by atoms with Crippen LogP contribution in [0.3, 0.4) is 0 Å². The van der Waals surface area contributed by atoms with E-state index >= 15 is 0 Å². The summed E-state index contributed by atoms with van der Waals surface area (Å²) in [5.41, 5.74) is 2.68. The first-order chi connectivity index (χ1) is 8.88. The van der Waals surface area contributed by atoms with Crippen molar-refractivity contribution in [3.05, 3.63) is 41.5 Å². The average Bonchev–Trinajstić information content (AvgIpc) is 2.32. The van der Waals surface area contributed by atoms with Crippen molar-refractivity contribution in [2.24, 2.45) is 0 Å². The van der Waals surface area contributed by atoms with Gasteiger partial charge in [-0.2, -0.15) is 0 Å². The zero-order chi connectivity index (χ0) is 14.3. The summed E-state index contributed by atoms with van der Waals surface area (Å²) in [4.78, 5) is 0. The molecule has 0 amide bonds. The highest BCUT2D eigenvalue weighted by atomic mass is 16.5. The van der Waals surface area contributed by atoms with Crippen LogP contribution in [0, 0.1) is 0 Å². The maximum Gasteiger partial charge on any atom is 0.0598 e. The van der Waals surface area contributed by atoms with E-state index in [2.05, 4.69) is 71.0 Å². The summed E-state index contributed by atoms with van der Waals surface area (Å²) in [5.74, 6) is 0.591. The molecule has 0 bridgehead atoms. The molecule has 1 rings (SSSR count). The van der Waals surface area contributed by atoms with E-state index in [1.165, 1.54) is 11.1 Å². The summed E-state index contributed by atoms with van der Waals surface area (Å²) in [6.45, 7) is 11.6. The molecular formula is C18H28O. The molecule has 0 aromatic heterocycles. The Morgan fingerprint density at radius 3 is 2.58 bits per heavy atom. The molecule has 0 spiro atoms. The molecule has 0 aliphatic heterocycles. The summed E-state index contributed by atoms with van der Waals surface area (Å²) in [7, 11) is 0. The third kappa shape index (κ3) is 7.17. The van der Waals surface area contributed by atoms with Gasteiger partial charge in [0.1, 0.15) is 0 Å². The second kappa shape index (κ2) is 7.49. The van der Waals surface area contributed by atoms with E-state index in [0.29, 0.717) is 5.92 Å². The molecule has 0 fully saturated rings. The van der Waals surface area contributed by atoms with Crippen molar-refractivity contribution >= 4 is 6.08 Å². The highest BCUT2D eigenvalue weighted by Crippen LogP contribution is 2.16. The second-order valence-electron chi connectivity index (χ2n) is 6.33. The second-order valence-corrected chi connectivity index (χ2v) is 6.33. The zero-order valence-electron chi connectivity index (χ0n) is 13.1. The van der Waals surface area contributed by atoms with Gasteiger partial charge >= 0.3 is 0 Å². The van der Waals surface area contributed by atoms with Gasteiger partial charge in [0.2, 0.25) is 0 Å². The zero-order valence-corrected chi connectivity index (χ0v) is 13.1. The first-order valence-corrected chi connectivity index (χ1v) is 7.29. The van der Waals surface area contributed by atoms with Crippen LogP contribution in [0.2, 0.25) is 0 Å². The summed E-state index contributed by atoms with van der Waals surface area (Å²) in [6, 6.07) is 8.76. The molecule has 0 radical (unpaired) electrons. The molecule has 0 saturated carbocycles. The number of ether oxygens (including phenoxy) is 1. The molecule has 0 N–H and O–H groups in total. The van der Waals surface area contributed by atoms with Crippen LogP contribution >= 0.6 is 0 Å². The standard InChI is InChI=1S/C18H28O/c1-15(2)17-12-9-11-16(14-17)10-7-6-8-13-19-18(3,4)5/h7,9-12,14-15H,6,8,13H2,1-5H3/b10-7+. The van der Waals surface area contributed by atoms with Gasteiger partial charge in [-0.15, -0.1) is 0 Å². The highest BCUT2D eigenvalue weighted by molar-refractivity contribution is 5.50. The minimum absolute atomic E-state index is 0.0185. The fourth-order valence-corrected chi connectivity index (χ4v) is 1.82. The molecule has 0 aliphatic rings. The van der Waals surface area contributed by atoms with Gasteiger partial charge in [0, 0.05) is 6.61 Å². The molecule has 1 aromatic carbocycles. The van der Waals surface area contributed by atoms with Gasteiger partial charge in [-0.3, -0.25) is 0 Å². The lowest BCUT2D eigenvalue weighted by atomic mass is 10.0. The largest absolute Gasteiger partial charge is 0.376 e. The van der Waals surface area contributed by atoms with Gasteiger partial charge in [-0.05, 0) is 50.7 Å². The molecule has 106 valence electrons. The molecule has 19 heavy (non-hydrogen) atoms. The van der Waals surface area contributed by atoms with E-state index in [4.69, 9.17) is 4.74 Å². The lowest BCUT2D eigenvalue weighted by Crippen LogP contribution is -2.19. The van der Waals surface area contributed by atoms with E-state index < -0.39 is 0 Å². The number of benzene rings is 1. The van der Waals surface area contributed by atoms with Crippen molar-refractivity contribution < 1.29 is 4.74 Å². The van der Waals surface area contributed by atoms with Crippen molar-refractivity contribution in [2.75, 3.05) is 6.61 Å². The minimum Gasteiger partial charge on any atom is -0.376 e. The molecule has 0 saturated heterocycles. The van der Waals surface area contributed by atoms with Crippen molar-refractivity contribution in [3.8, 4) is 0 Å². The van der Waals surface area contributed by atoms with Crippen molar-refractivity contribution in [1.29, 1.82) is 0 Å². The van der Waals surface area contributed by atoms with Crippen LogP contribution in [0.1, 0.15) is 64.5 Å². The first kappa shape index (κ1) is 16.0. The SMILES string of the molecule is CC(C)c1cccc(/C=C/CCCOC(C)(C)C)c1. The molecular weight excluding hydrogens is 232 g/mol. The van der Waals surface area contributed by atoms with E-state index in [-0.39, 0.29) is 5.60 Å². The van der Waals surface area contributed by atoms with Crippen LogP contribution in [-0.2, 0) is 4.74 Å². The molecule has 1 heteroatoms. The topological polar surface area (TPSA) is 9.23 Å². The summed E-state index contributed by atoms with van der Waals surface area (Å²) >= 11 is 0. The number of rotatable bonds is 6. The minimum atomic E-state index is -0.0185. The Bertz CT molecular complexity index is 396. The Balaban J connectivity index is 2.35. The van der Waals surface area contributed by atoms with Gasteiger partial charge in [-0.1, -0.05) is 50.3 Å². The number of unbranched alkanes of at least 4 members (excludes halogenated alkanes) is 1. The van der Waals surface area contributed by atoms with Crippen LogP contribution < -0.4 is 0 Å². The third-order valence-corrected chi connectivity index (χ3v) is 2.94. The lowest BCUT2D eigenvalue weighted by molar-refractivity contribution is -0.00361. The number of allylic oxidation sites excluding steroid dienone is 1. The fourth-order valence-electron chi connectivity index (χ4n) is 1.82. The molecule has 1 nitrogen and oxygen atoms in total. The third-order valence-electron chi connectivity index (χ3n) is 2.94. The van der Waals surface area contributed by atoms with E-state index in [9.17, 15) is 0 Å². The molecule has 0 unspecified atom stereocenters. The van der Waals surface area contributed by atoms with Crippen molar-refractivity contribution in [3.63, 3.8) is 0 Å². The van der Waals surface area contributed by atoms with E-state index in [0.717, 1.165) is 19.4 Å². The van der Waals surface area contributed by atoms with E-state index in [1.807, 2.05) is 0 Å². The van der Waals surface area contributed by atoms with Crippen LogP contribution in [0.4, 0.5) is 0 Å². The Labute approximate surface area is 118 Å². The quantitative estimate of drug-likeness (QED) is 0.621. The van der Waals surface area contributed by atoms with Gasteiger partial charge in [0.15, 0.2) is 0 Å². The number of hydrogen-bond acceptors (Lipinski definition) is 1. The Morgan fingerprint density at radius 1 is 1.21 bits per heavy atom. The predicted octanol–water partition coefficient (Wildman–Crippen LogP) is 5.42. The smallest absolute Gasteiger partial charge is 0.0598 e. The van der Waals surface area contributed by atoms with Gasteiger partial charge in [0.25, 0.3) is 0 Å². The highest BCUT2D eigenvalue weighted by Gasteiger charge is 2.08. The molecule has 0 heterocycles. The lowest BCUT2D eigenvalue weighted by Gasteiger charge is -2.18.